The molecule has 0 saturated carbocycles. The van der Waals surface area contributed by atoms with Gasteiger partial charge >= 0.3 is 0 Å². The number of aliphatic hydroxyl groups is 1. The van der Waals surface area contributed by atoms with Crippen LogP contribution in [0.1, 0.15) is 41.7 Å². The van der Waals surface area contributed by atoms with Crippen molar-refractivity contribution in [1.29, 1.82) is 0 Å². The van der Waals surface area contributed by atoms with E-state index in [2.05, 4.69) is 25.1 Å². The summed E-state index contributed by atoms with van der Waals surface area (Å²) in [5.74, 6) is 0.805. The largest absolute Gasteiger partial charge is 0.491 e. The third-order valence-corrected chi connectivity index (χ3v) is 3.66. The van der Waals surface area contributed by atoms with Crippen LogP contribution in [0.25, 0.3) is 0 Å². The van der Waals surface area contributed by atoms with Gasteiger partial charge in [0.1, 0.15) is 18.5 Å². The molecule has 0 saturated heterocycles. The first kappa shape index (κ1) is 15.6. The Morgan fingerprint density at radius 2 is 1.76 bits per heavy atom. The average molecular weight is 284 g/mol. The van der Waals surface area contributed by atoms with Gasteiger partial charge in [0.15, 0.2) is 0 Å². The molecular formula is C19H24O2. The highest BCUT2D eigenvalue weighted by Gasteiger charge is 2.11. The molecule has 1 N–H and O–H groups in total. The third-order valence-electron chi connectivity index (χ3n) is 3.66. The molecule has 0 spiro atoms. The Bertz CT molecular complexity index is 573. The van der Waals surface area contributed by atoms with E-state index in [1.54, 1.807) is 0 Å². The van der Waals surface area contributed by atoms with Crippen molar-refractivity contribution in [2.45, 2.75) is 39.7 Å². The highest BCUT2D eigenvalue weighted by atomic mass is 16.5. The molecule has 0 fully saturated rings. The molecule has 0 radical (unpaired) electrons. The fourth-order valence-electron chi connectivity index (χ4n) is 2.42. The molecule has 112 valence electrons. The Hall–Kier alpha value is -1.80. The molecule has 0 aliphatic rings. The predicted octanol–water partition coefficient (Wildman–Crippen LogP) is 4.37. The van der Waals surface area contributed by atoms with E-state index in [4.69, 9.17) is 4.74 Å². The van der Waals surface area contributed by atoms with Crippen molar-refractivity contribution in [3.63, 3.8) is 0 Å². The minimum atomic E-state index is -0.597. The molecule has 1 unspecified atom stereocenters. The quantitative estimate of drug-likeness (QED) is 0.853. The lowest BCUT2D eigenvalue weighted by atomic mass is 10.0. The van der Waals surface area contributed by atoms with Crippen molar-refractivity contribution in [2.75, 3.05) is 6.61 Å². The standard InChI is InChI=1S/C19H24O2/c1-4-5-16-8-10-17(11-9-16)21-13-19(20)18-12-14(2)6-7-15(18)3/h6-12,19-20H,4-5,13H2,1-3H3. The van der Waals surface area contributed by atoms with E-state index in [1.807, 2.05) is 38.1 Å². The van der Waals surface area contributed by atoms with Crippen molar-refractivity contribution in [3.05, 3.63) is 64.7 Å². The number of rotatable bonds is 6. The van der Waals surface area contributed by atoms with Crippen molar-refractivity contribution in [3.8, 4) is 5.75 Å². The molecule has 0 aliphatic heterocycles. The summed E-state index contributed by atoms with van der Waals surface area (Å²) >= 11 is 0. The van der Waals surface area contributed by atoms with Crippen LogP contribution < -0.4 is 4.74 Å². The van der Waals surface area contributed by atoms with Gasteiger partial charge in [-0.1, -0.05) is 49.2 Å². The van der Waals surface area contributed by atoms with Crippen LogP contribution in [-0.2, 0) is 6.42 Å². The molecule has 2 nitrogen and oxygen atoms in total. The zero-order valence-corrected chi connectivity index (χ0v) is 13.1. The summed E-state index contributed by atoms with van der Waals surface area (Å²) in [5, 5.41) is 10.3. The van der Waals surface area contributed by atoms with Crippen LogP contribution in [0.3, 0.4) is 0 Å². The van der Waals surface area contributed by atoms with Gasteiger partial charge in [-0.25, -0.2) is 0 Å². The van der Waals surface area contributed by atoms with Crippen molar-refractivity contribution >= 4 is 0 Å². The van der Waals surface area contributed by atoms with Gasteiger partial charge in [-0.05, 0) is 49.1 Å². The van der Waals surface area contributed by atoms with E-state index in [-0.39, 0.29) is 6.61 Å². The van der Waals surface area contributed by atoms with Gasteiger partial charge in [-0.2, -0.15) is 0 Å². The van der Waals surface area contributed by atoms with Crippen LogP contribution in [0.2, 0.25) is 0 Å². The van der Waals surface area contributed by atoms with Gasteiger partial charge in [-0.3, -0.25) is 0 Å². The van der Waals surface area contributed by atoms with Gasteiger partial charge < -0.3 is 9.84 Å². The Morgan fingerprint density at radius 3 is 2.43 bits per heavy atom. The molecule has 2 heteroatoms. The molecule has 0 heterocycles. The van der Waals surface area contributed by atoms with Crippen molar-refractivity contribution in [2.24, 2.45) is 0 Å². The van der Waals surface area contributed by atoms with Gasteiger partial charge in [0.25, 0.3) is 0 Å². The van der Waals surface area contributed by atoms with Gasteiger partial charge in [0.05, 0.1) is 0 Å². The first-order valence-corrected chi connectivity index (χ1v) is 7.57. The number of benzene rings is 2. The Labute approximate surface area is 127 Å². The average Bonchev–Trinajstić information content (AvgIpc) is 2.49. The van der Waals surface area contributed by atoms with E-state index >= 15 is 0 Å². The summed E-state index contributed by atoms with van der Waals surface area (Å²) in [6.45, 7) is 6.49. The first-order chi connectivity index (χ1) is 10.1. The lowest BCUT2D eigenvalue weighted by Crippen LogP contribution is -2.11. The summed E-state index contributed by atoms with van der Waals surface area (Å²) in [6.07, 6.45) is 1.64. The fourth-order valence-corrected chi connectivity index (χ4v) is 2.42. The van der Waals surface area contributed by atoms with Crippen LogP contribution in [0.5, 0.6) is 5.75 Å². The molecule has 2 aromatic rings. The van der Waals surface area contributed by atoms with Crippen molar-refractivity contribution < 1.29 is 9.84 Å². The lowest BCUT2D eigenvalue weighted by Gasteiger charge is -2.15. The summed E-state index contributed by atoms with van der Waals surface area (Å²) in [6, 6.07) is 14.2. The summed E-state index contributed by atoms with van der Waals surface area (Å²) in [7, 11) is 0. The van der Waals surface area contributed by atoms with E-state index in [1.165, 1.54) is 5.56 Å². The van der Waals surface area contributed by atoms with Crippen LogP contribution in [0.15, 0.2) is 42.5 Å². The smallest absolute Gasteiger partial charge is 0.119 e. The predicted molar refractivity (Wildman–Crippen MR) is 86.8 cm³/mol. The number of aliphatic hydroxyl groups excluding tert-OH is 1. The molecule has 2 aromatic carbocycles. The first-order valence-electron chi connectivity index (χ1n) is 7.57. The summed E-state index contributed by atoms with van der Waals surface area (Å²) < 4.78 is 5.70. The maximum Gasteiger partial charge on any atom is 0.119 e. The zero-order valence-electron chi connectivity index (χ0n) is 13.1. The maximum atomic E-state index is 10.3. The van der Waals surface area contributed by atoms with Crippen molar-refractivity contribution in [1.82, 2.24) is 0 Å². The van der Waals surface area contributed by atoms with Gasteiger partial charge in [0.2, 0.25) is 0 Å². The van der Waals surface area contributed by atoms with Crippen LogP contribution in [-0.4, -0.2) is 11.7 Å². The van der Waals surface area contributed by atoms with E-state index in [0.29, 0.717) is 0 Å². The highest BCUT2D eigenvalue weighted by Crippen LogP contribution is 2.21. The van der Waals surface area contributed by atoms with Gasteiger partial charge in [0, 0.05) is 0 Å². The molecule has 21 heavy (non-hydrogen) atoms. The Balaban J connectivity index is 1.97. The topological polar surface area (TPSA) is 29.5 Å². The molecule has 0 amide bonds. The Kier molecular flexibility index (Phi) is 5.40. The number of aryl methyl sites for hydroxylation is 3. The molecule has 0 bridgehead atoms. The number of hydrogen-bond donors (Lipinski definition) is 1. The second kappa shape index (κ2) is 7.28. The van der Waals surface area contributed by atoms with Gasteiger partial charge in [-0.15, -0.1) is 0 Å². The molecular weight excluding hydrogens is 260 g/mol. The van der Waals surface area contributed by atoms with E-state index in [0.717, 1.165) is 35.3 Å². The second-order valence-electron chi connectivity index (χ2n) is 5.58. The maximum absolute atomic E-state index is 10.3. The monoisotopic (exact) mass is 284 g/mol. The SMILES string of the molecule is CCCc1ccc(OCC(O)c2cc(C)ccc2C)cc1. The highest BCUT2D eigenvalue weighted by molar-refractivity contribution is 5.32. The normalized spacial score (nSPS) is 12.2. The minimum Gasteiger partial charge on any atom is -0.491 e. The number of hydrogen-bond acceptors (Lipinski definition) is 2. The van der Waals surface area contributed by atoms with E-state index in [9.17, 15) is 5.11 Å². The summed E-state index contributed by atoms with van der Waals surface area (Å²) in [4.78, 5) is 0. The molecule has 2 rings (SSSR count). The zero-order chi connectivity index (χ0) is 15.2. The molecule has 0 aromatic heterocycles. The fraction of sp³-hybridized carbons (Fsp3) is 0.368. The van der Waals surface area contributed by atoms with Crippen LogP contribution >= 0.6 is 0 Å². The number of ether oxygens (including phenoxy) is 1. The summed E-state index contributed by atoms with van der Waals surface area (Å²) in [5.41, 5.74) is 4.51. The van der Waals surface area contributed by atoms with Crippen LogP contribution in [0, 0.1) is 13.8 Å². The lowest BCUT2D eigenvalue weighted by molar-refractivity contribution is 0.107. The molecule has 1 atom stereocenters. The second-order valence-corrected chi connectivity index (χ2v) is 5.58. The molecule has 0 aliphatic carbocycles. The van der Waals surface area contributed by atoms with E-state index < -0.39 is 6.10 Å². The Morgan fingerprint density at radius 1 is 1.05 bits per heavy atom. The van der Waals surface area contributed by atoms with Crippen LogP contribution in [0.4, 0.5) is 0 Å². The third kappa shape index (κ3) is 4.33. The minimum absolute atomic E-state index is 0.275.